The molecule has 0 radical (unpaired) electrons. The summed E-state index contributed by atoms with van der Waals surface area (Å²) in [6.07, 6.45) is 11.2. The number of hydrogen-bond acceptors (Lipinski definition) is 4. The Hall–Kier alpha value is -2.40. The smallest absolute Gasteiger partial charge is 0.872 e. The van der Waals surface area contributed by atoms with Crippen LogP contribution in [0.5, 0.6) is 11.5 Å². The number of carboxylic acid groups (broad SMARTS) is 2. The summed E-state index contributed by atoms with van der Waals surface area (Å²) in [6.45, 7) is 12.1. The third-order valence-electron chi connectivity index (χ3n) is 7.26. The standard InChI is InChI=1S/2C16H24O3.Zn/c2*1-4-5-6-7-8-11(2)14-12(3)9-10-13(15(14)17)16(18)19;/h2*9-11,17H,4-8H2,1-3H3,(H,18,19);/q;;+2/p-2. The van der Waals surface area contributed by atoms with E-state index in [-0.39, 0.29) is 53.9 Å². The Bertz CT molecular complexity index is 966. The van der Waals surface area contributed by atoms with E-state index in [1.807, 2.05) is 27.7 Å². The summed E-state index contributed by atoms with van der Waals surface area (Å²) >= 11 is 0. The van der Waals surface area contributed by atoms with Crippen molar-refractivity contribution in [2.75, 3.05) is 0 Å². The van der Waals surface area contributed by atoms with Crippen molar-refractivity contribution in [3.63, 3.8) is 0 Å². The minimum Gasteiger partial charge on any atom is -0.872 e. The van der Waals surface area contributed by atoms with Crippen molar-refractivity contribution in [3.8, 4) is 11.5 Å². The molecule has 0 saturated heterocycles. The third kappa shape index (κ3) is 11.3. The number of carbonyl (C=O) groups is 2. The first-order valence-corrected chi connectivity index (χ1v) is 14.0. The van der Waals surface area contributed by atoms with Crippen molar-refractivity contribution < 1.29 is 49.5 Å². The Morgan fingerprint density at radius 3 is 1.28 bits per heavy atom. The van der Waals surface area contributed by atoms with E-state index in [1.165, 1.54) is 50.7 Å². The maximum atomic E-state index is 12.2. The minimum atomic E-state index is -1.13. The van der Waals surface area contributed by atoms with Gasteiger partial charge in [-0.1, -0.05) is 103 Å². The maximum Gasteiger partial charge on any atom is 2.00 e. The molecule has 0 heterocycles. The number of rotatable bonds is 14. The summed E-state index contributed by atoms with van der Waals surface area (Å²) in [5.41, 5.74) is 2.94. The number of aromatic carboxylic acids is 2. The molecule has 2 N–H and O–H groups in total. The molecular formula is C32H46O6Zn. The molecule has 0 aliphatic heterocycles. The van der Waals surface area contributed by atoms with Crippen LogP contribution >= 0.6 is 0 Å². The van der Waals surface area contributed by atoms with Gasteiger partial charge in [0.1, 0.15) is 0 Å². The molecule has 6 nitrogen and oxygen atoms in total. The van der Waals surface area contributed by atoms with Crippen LogP contribution in [0.1, 0.15) is 147 Å². The van der Waals surface area contributed by atoms with Gasteiger partial charge in [-0.3, -0.25) is 0 Å². The molecule has 7 heteroatoms. The molecule has 0 fully saturated rings. The van der Waals surface area contributed by atoms with Gasteiger partial charge < -0.3 is 20.4 Å². The van der Waals surface area contributed by atoms with Gasteiger partial charge in [0, 0.05) is 0 Å². The van der Waals surface area contributed by atoms with E-state index in [1.54, 1.807) is 12.1 Å². The molecule has 0 aliphatic rings. The number of benzene rings is 2. The Kier molecular flexibility index (Phi) is 17.7. The van der Waals surface area contributed by atoms with Gasteiger partial charge in [-0.2, -0.15) is 0 Å². The second kappa shape index (κ2) is 18.8. The summed E-state index contributed by atoms with van der Waals surface area (Å²) in [5, 5.41) is 42.4. The Labute approximate surface area is 247 Å². The SMILES string of the molecule is CCCCCCC(C)c1c(C)ccc(C(=O)O)c1[O-].CCCCCCC(C)c1c(C)ccc(C(=O)O)c1[O-].[Zn+2]. The van der Waals surface area contributed by atoms with Gasteiger partial charge in [0.25, 0.3) is 0 Å². The fourth-order valence-corrected chi connectivity index (χ4v) is 5.00. The van der Waals surface area contributed by atoms with Crippen molar-refractivity contribution in [2.24, 2.45) is 0 Å². The fraction of sp³-hybridized carbons (Fsp3) is 0.562. The number of carboxylic acids is 2. The van der Waals surface area contributed by atoms with E-state index in [0.717, 1.165) is 36.8 Å². The summed E-state index contributed by atoms with van der Waals surface area (Å²) in [5.74, 6) is -2.63. The molecule has 0 aliphatic carbocycles. The number of hydrogen-bond donors (Lipinski definition) is 2. The monoisotopic (exact) mass is 590 g/mol. The van der Waals surface area contributed by atoms with Crippen molar-refractivity contribution in [2.45, 2.75) is 118 Å². The molecule has 0 amide bonds. The van der Waals surface area contributed by atoms with Crippen molar-refractivity contribution in [1.82, 2.24) is 0 Å². The second-order valence-electron chi connectivity index (χ2n) is 10.5. The predicted molar refractivity (Wildman–Crippen MR) is 150 cm³/mol. The average molecular weight is 592 g/mol. The largest absolute Gasteiger partial charge is 2.00 e. The minimum absolute atomic E-state index is 0. The third-order valence-corrected chi connectivity index (χ3v) is 7.26. The summed E-state index contributed by atoms with van der Waals surface area (Å²) in [7, 11) is 0. The molecular weight excluding hydrogens is 546 g/mol. The molecule has 2 unspecified atom stereocenters. The first-order valence-electron chi connectivity index (χ1n) is 14.0. The van der Waals surface area contributed by atoms with Crippen molar-refractivity contribution in [1.29, 1.82) is 0 Å². The predicted octanol–water partition coefficient (Wildman–Crippen LogP) is 7.68. The van der Waals surface area contributed by atoms with E-state index >= 15 is 0 Å². The van der Waals surface area contributed by atoms with Gasteiger partial charge in [0.05, 0.1) is 11.1 Å². The summed E-state index contributed by atoms with van der Waals surface area (Å²) in [6, 6.07) is 6.30. The zero-order valence-electron chi connectivity index (χ0n) is 24.8. The van der Waals surface area contributed by atoms with Crippen LogP contribution < -0.4 is 10.2 Å². The van der Waals surface area contributed by atoms with Crippen LogP contribution in [0.3, 0.4) is 0 Å². The Morgan fingerprint density at radius 1 is 0.667 bits per heavy atom. The van der Waals surface area contributed by atoms with Crippen LogP contribution in [0.25, 0.3) is 0 Å². The molecule has 0 spiro atoms. The Balaban J connectivity index is 0.000000722. The average Bonchev–Trinajstić information content (AvgIpc) is 2.84. The van der Waals surface area contributed by atoms with Gasteiger partial charge in [-0.05, 0) is 72.9 Å². The zero-order valence-corrected chi connectivity index (χ0v) is 27.7. The summed E-state index contributed by atoms with van der Waals surface area (Å²) in [4.78, 5) is 22.0. The first kappa shape index (κ1) is 36.6. The van der Waals surface area contributed by atoms with Crippen LogP contribution in [-0.2, 0) is 19.5 Å². The molecule has 2 rings (SSSR count). The van der Waals surface area contributed by atoms with E-state index in [9.17, 15) is 19.8 Å². The normalized spacial score (nSPS) is 12.1. The van der Waals surface area contributed by atoms with Gasteiger partial charge in [-0.25, -0.2) is 9.59 Å². The Morgan fingerprint density at radius 2 is 1.00 bits per heavy atom. The molecule has 0 bridgehead atoms. The van der Waals surface area contributed by atoms with Gasteiger partial charge in [0.15, 0.2) is 0 Å². The van der Waals surface area contributed by atoms with E-state index in [0.29, 0.717) is 11.1 Å². The first-order chi connectivity index (χ1) is 18.0. The van der Waals surface area contributed by atoms with Crippen molar-refractivity contribution in [3.05, 3.63) is 57.6 Å². The topological polar surface area (TPSA) is 121 Å². The fourth-order valence-electron chi connectivity index (χ4n) is 5.00. The van der Waals surface area contributed by atoms with Crippen LogP contribution in [0.2, 0.25) is 0 Å². The molecule has 2 aromatic rings. The van der Waals surface area contributed by atoms with E-state index < -0.39 is 11.9 Å². The molecule has 0 aromatic heterocycles. The molecule has 212 valence electrons. The second-order valence-corrected chi connectivity index (χ2v) is 10.5. The van der Waals surface area contributed by atoms with Crippen LogP contribution in [-0.4, -0.2) is 22.2 Å². The quantitative estimate of drug-likeness (QED) is 0.172. The molecule has 2 atom stereocenters. The van der Waals surface area contributed by atoms with Crippen LogP contribution in [0.4, 0.5) is 0 Å². The van der Waals surface area contributed by atoms with E-state index in [2.05, 4.69) is 13.8 Å². The number of aryl methyl sites for hydroxylation is 2. The van der Waals surface area contributed by atoms with Gasteiger partial charge in [0.2, 0.25) is 0 Å². The maximum absolute atomic E-state index is 12.2. The van der Waals surface area contributed by atoms with E-state index in [4.69, 9.17) is 10.2 Å². The van der Waals surface area contributed by atoms with Gasteiger partial charge >= 0.3 is 31.4 Å². The van der Waals surface area contributed by atoms with Gasteiger partial charge in [-0.15, -0.1) is 0 Å². The van der Waals surface area contributed by atoms with Crippen LogP contribution in [0.15, 0.2) is 24.3 Å². The molecule has 2 aromatic carbocycles. The summed E-state index contributed by atoms with van der Waals surface area (Å²) < 4.78 is 0. The molecule has 0 saturated carbocycles. The molecule has 39 heavy (non-hydrogen) atoms. The zero-order chi connectivity index (χ0) is 28.8. The number of unbranched alkanes of at least 4 members (excludes halogenated alkanes) is 6. The van der Waals surface area contributed by atoms with Crippen LogP contribution in [0, 0.1) is 13.8 Å². The van der Waals surface area contributed by atoms with Crippen molar-refractivity contribution >= 4 is 11.9 Å².